The van der Waals surface area contributed by atoms with Gasteiger partial charge in [-0.2, -0.15) is 4.98 Å². The number of aromatic nitrogens is 3. The van der Waals surface area contributed by atoms with Crippen molar-refractivity contribution in [3.05, 3.63) is 36.4 Å². The average Bonchev–Trinajstić information content (AvgIpc) is 3.56. The number of unbranched alkanes of at least 4 members (excludes halogenated alkanes) is 6. The predicted octanol–water partition coefficient (Wildman–Crippen LogP) is 5.28. The van der Waals surface area contributed by atoms with Gasteiger partial charge in [-0.15, -0.1) is 0 Å². The minimum absolute atomic E-state index is 0.0796. The maximum atomic E-state index is 9.01. The van der Waals surface area contributed by atoms with E-state index in [-0.39, 0.29) is 12.0 Å². The van der Waals surface area contributed by atoms with Crippen molar-refractivity contribution in [2.75, 3.05) is 6.54 Å². The van der Waals surface area contributed by atoms with Crippen LogP contribution in [-0.4, -0.2) is 37.3 Å². The second-order valence-corrected chi connectivity index (χ2v) is 8.67. The molecule has 0 bridgehead atoms. The van der Waals surface area contributed by atoms with Crippen molar-refractivity contribution in [3.8, 4) is 11.4 Å². The van der Waals surface area contributed by atoms with E-state index in [9.17, 15) is 0 Å². The van der Waals surface area contributed by atoms with Crippen LogP contribution >= 0.6 is 0 Å². The van der Waals surface area contributed by atoms with Crippen molar-refractivity contribution in [1.29, 1.82) is 0 Å². The lowest BCUT2D eigenvalue weighted by molar-refractivity contribution is 0.263. The molecule has 32 heavy (non-hydrogen) atoms. The molecule has 1 atom stereocenters. The van der Waals surface area contributed by atoms with E-state index >= 15 is 0 Å². The van der Waals surface area contributed by atoms with Crippen LogP contribution in [-0.2, 0) is 6.54 Å². The Bertz CT molecular complexity index is 1040. The maximum Gasteiger partial charge on any atom is 0.249 e. The molecule has 172 valence electrons. The highest BCUT2D eigenvalue weighted by Crippen LogP contribution is 2.32. The summed E-state index contributed by atoms with van der Waals surface area (Å²) in [6.07, 6.45) is 13.1. The van der Waals surface area contributed by atoms with Crippen LogP contribution in [0.2, 0.25) is 0 Å². The van der Waals surface area contributed by atoms with Gasteiger partial charge in [0.1, 0.15) is 6.04 Å². The Morgan fingerprint density at radius 1 is 1.19 bits per heavy atom. The molecule has 1 saturated heterocycles. The highest BCUT2D eigenvalue weighted by Gasteiger charge is 2.32. The molecule has 1 aliphatic heterocycles. The number of nitrogens with zero attached hydrogens (tertiary/aromatic N) is 5. The zero-order valence-corrected chi connectivity index (χ0v) is 18.9. The van der Waals surface area contributed by atoms with E-state index in [4.69, 9.17) is 15.5 Å². The number of aryl methyl sites for hydroxylation is 1. The lowest BCUT2D eigenvalue weighted by atomic mass is 10.1. The van der Waals surface area contributed by atoms with Crippen LogP contribution in [0.15, 0.2) is 40.1 Å². The third-order valence-electron chi connectivity index (χ3n) is 6.41. The van der Waals surface area contributed by atoms with Crippen LogP contribution in [0.25, 0.3) is 22.3 Å². The van der Waals surface area contributed by atoms with Crippen LogP contribution in [0.1, 0.15) is 76.6 Å². The summed E-state index contributed by atoms with van der Waals surface area (Å²) >= 11 is 0. The molecule has 2 aromatic heterocycles. The molecule has 0 unspecified atom stereocenters. The normalized spacial score (nSPS) is 17.0. The summed E-state index contributed by atoms with van der Waals surface area (Å²) in [5.41, 5.74) is 7.95. The lowest BCUT2D eigenvalue weighted by Crippen LogP contribution is -2.36. The van der Waals surface area contributed by atoms with Crippen molar-refractivity contribution < 1.29 is 9.73 Å². The third kappa shape index (κ3) is 4.89. The van der Waals surface area contributed by atoms with Crippen molar-refractivity contribution in [2.24, 2.45) is 10.9 Å². The van der Waals surface area contributed by atoms with Gasteiger partial charge >= 0.3 is 0 Å². The molecule has 8 heteroatoms. The van der Waals surface area contributed by atoms with E-state index in [1.54, 1.807) is 4.90 Å². The predicted molar refractivity (Wildman–Crippen MR) is 125 cm³/mol. The van der Waals surface area contributed by atoms with Gasteiger partial charge in [0, 0.05) is 35.8 Å². The van der Waals surface area contributed by atoms with E-state index in [1.807, 2.05) is 6.07 Å². The second kappa shape index (κ2) is 10.5. The van der Waals surface area contributed by atoms with Crippen LogP contribution in [0.4, 0.5) is 0 Å². The average molecular weight is 439 g/mol. The minimum Gasteiger partial charge on any atom is -0.408 e. The van der Waals surface area contributed by atoms with Gasteiger partial charge in [0.15, 0.2) is 0 Å². The first-order chi connectivity index (χ1) is 15.7. The number of oxime groups is 1. The van der Waals surface area contributed by atoms with Gasteiger partial charge in [-0.25, -0.2) is 0 Å². The van der Waals surface area contributed by atoms with Gasteiger partial charge in [-0.3, -0.25) is 0 Å². The number of benzene rings is 1. The molecule has 1 aliphatic rings. The Balaban J connectivity index is 1.40. The van der Waals surface area contributed by atoms with E-state index < -0.39 is 0 Å². The third-order valence-corrected chi connectivity index (χ3v) is 6.41. The number of nitrogens with two attached hydrogens (primary N) is 1. The fraction of sp³-hybridized carbons (Fsp3) is 0.542. The van der Waals surface area contributed by atoms with Gasteiger partial charge in [0.05, 0.1) is 0 Å². The SMILES string of the molecule is CCCCCCCCCn1ccc2cc(-c3noc([C@@H]4CCCN4/C(N)=N\O)n3)ccc21. The Kier molecular flexibility index (Phi) is 7.29. The summed E-state index contributed by atoms with van der Waals surface area (Å²) in [6.45, 7) is 4.01. The molecule has 0 amide bonds. The highest BCUT2D eigenvalue weighted by atomic mass is 16.5. The van der Waals surface area contributed by atoms with Crippen molar-refractivity contribution in [1.82, 2.24) is 19.6 Å². The Labute approximate surface area is 189 Å². The van der Waals surface area contributed by atoms with E-state index in [0.29, 0.717) is 18.3 Å². The van der Waals surface area contributed by atoms with Gasteiger partial charge in [0.2, 0.25) is 17.7 Å². The summed E-state index contributed by atoms with van der Waals surface area (Å²) in [7, 11) is 0. The molecule has 0 saturated carbocycles. The zero-order chi connectivity index (χ0) is 22.3. The van der Waals surface area contributed by atoms with E-state index in [0.717, 1.165) is 24.9 Å². The first-order valence-corrected chi connectivity index (χ1v) is 11.9. The molecule has 1 fully saturated rings. The topological polar surface area (TPSA) is 106 Å². The Morgan fingerprint density at radius 2 is 2.00 bits per heavy atom. The molecule has 4 rings (SSSR count). The van der Waals surface area contributed by atoms with Crippen LogP contribution in [0, 0.1) is 0 Å². The zero-order valence-electron chi connectivity index (χ0n) is 18.9. The number of fused-ring (bicyclic) bond motifs is 1. The van der Waals surface area contributed by atoms with Gasteiger partial charge in [0.25, 0.3) is 0 Å². The van der Waals surface area contributed by atoms with Crippen LogP contribution in [0.3, 0.4) is 0 Å². The lowest BCUT2D eigenvalue weighted by Gasteiger charge is -2.21. The molecule has 3 N–H and O–H groups in total. The van der Waals surface area contributed by atoms with Crippen LogP contribution in [0.5, 0.6) is 0 Å². The Hall–Kier alpha value is -3.03. The highest BCUT2D eigenvalue weighted by molar-refractivity contribution is 5.84. The second-order valence-electron chi connectivity index (χ2n) is 8.67. The van der Waals surface area contributed by atoms with E-state index in [1.165, 1.54) is 55.8 Å². The van der Waals surface area contributed by atoms with Crippen LogP contribution < -0.4 is 5.73 Å². The van der Waals surface area contributed by atoms with Gasteiger partial charge < -0.3 is 24.9 Å². The van der Waals surface area contributed by atoms with E-state index in [2.05, 4.69) is 51.2 Å². The molecule has 3 aromatic rings. The molecule has 0 radical (unpaired) electrons. The maximum absolute atomic E-state index is 9.01. The Morgan fingerprint density at radius 3 is 2.81 bits per heavy atom. The van der Waals surface area contributed by atoms with Gasteiger partial charge in [-0.05, 0) is 43.5 Å². The molecular formula is C24H34N6O2. The first kappa shape index (κ1) is 22.2. The number of hydrogen-bond donors (Lipinski definition) is 2. The molecule has 1 aromatic carbocycles. The van der Waals surface area contributed by atoms with Crippen molar-refractivity contribution >= 4 is 16.9 Å². The molecule has 8 nitrogen and oxygen atoms in total. The molecule has 0 aliphatic carbocycles. The standard InChI is InChI=1S/C24H34N6O2/c1-2-3-4-5-6-7-8-14-29-16-13-18-17-19(11-12-20(18)29)22-26-23(32-28-22)21-10-9-15-30(21)24(25)27-31/h11-13,16-17,21,31H,2-10,14-15H2,1H3,(H2,25,27)/t21-/m0/s1. The molecule has 3 heterocycles. The summed E-state index contributed by atoms with van der Waals surface area (Å²) in [5.74, 6) is 1.14. The fourth-order valence-electron chi connectivity index (χ4n) is 4.62. The summed E-state index contributed by atoms with van der Waals surface area (Å²) in [6, 6.07) is 8.30. The summed E-state index contributed by atoms with van der Waals surface area (Å²) < 4.78 is 7.88. The number of guanidine groups is 1. The number of hydrogen-bond acceptors (Lipinski definition) is 5. The monoisotopic (exact) mass is 438 g/mol. The molecule has 0 spiro atoms. The smallest absolute Gasteiger partial charge is 0.249 e. The first-order valence-electron chi connectivity index (χ1n) is 11.9. The summed E-state index contributed by atoms with van der Waals surface area (Å²) in [4.78, 5) is 6.41. The fourth-order valence-corrected chi connectivity index (χ4v) is 4.62. The van der Waals surface area contributed by atoms with Crippen molar-refractivity contribution in [2.45, 2.75) is 77.3 Å². The quantitative estimate of drug-likeness (QED) is 0.147. The number of rotatable bonds is 10. The minimum atomic E-state index is -0.154. The summed E-state index contributed by atoms with van der Waals surface area (Å²) in [5, 5.41) is 17.5. The van der Waals surface area contributed by atoms with Crippen molar-refractivity contribution in [3.63, 3.8) is 0 Å². The van der Waals surface area contributed by atoms with Gasteiger partial charge in [-0.1, -0.05) is 55.8 Å². The number of likely N-dealkylation sites (tertiary alicyclic amines) is 1. The molecular weight excluding hydrogens is 404 g/mol. The largest absolute Gasteiger partial charge is 0.408 e.